The Morgan fingerprint density at radius 1 is 0.578 bits per heavy atom. The summed E-state index contributed by atoms with van der Waals surface area (Å²) in [7, 11) is -7.45. The molecule has 0 unspecified atom stereocenters. The zero-order chi connectivity index (χ0) is 32.2. The second-order valence-electron chi connectivity index (χ2n) is 10.8. The van der Waals surface area contributed by atoms with Crippen LogP contribution in [-0.2, 0) is 25.3 Å². The van der Waals surface area contributed by atoms with Gasteiger partial charge in [0.1, 0.15) is 22.8 Å². The van der Waals surface area contributed by atoms with Crippen molar-refractivity contribution in [1.82, 2.24) is 0 Å². The molecule has 0 saturated carbocycles. The third-order valence-electron chi connectivity index (χ3n) is 7.84. The van der Waals surface area contributed by atoms with Gasteiger partial charge in [-0.15, -0.1) is 0 Å². The van der Waals surface area contributed by atoms with Crippen LogP contribution in [0.3, 0.4) is 0 Å². The smallest absolute Gasteiger partial charge is 0.206 e. The Kier molecular flexibility index (Phi) is 9.04. The molecule has 0 fully saturated rings. The van der Waals surface area contributed by atoms with E-state index in [1.807, 2.05) is 20.8 Å². The van der Waals surface area contributed by atoms with E-state index >= 15 is 0 Å². The van der Waals surface area contributed by atoms with Crippen LogP contribution in [0.4, 0.5) is 5.69 Å². The van der Waals surface area contributed by atoms with E-state index in [1.54, 1.807) is 109 Å². The van der Waals surface area contributed by atoms with Gasteiger partial charge in [0.15, 0.2) is 0 Å². The fraction of sp³-hybridized carbons (Fsp3) is 0.167. The number of sulfone groups is 2. The molecule has 0 spiro atoms. The zero-order valence-electron chi connectivity index (χ0n) is 25.3. The highest BCUT2D eigenvalue weighted by Crippen LogP contribution is 2.36. The van der Waals surface area contributed by atoms with Crippen molar-refractivity contribution >= 4 is 25.4 Å². The molecule has 0 bridgehead atoms. The number of ether oxygens (including phenoxy) is 2. The molecule has 5 rings (SSSR count). The van der Waals surface area contributed by atoms with Crippen LogP contribution in [0.15, 0.2) is 141 Å². The monoisotopic (exact) mass is 641 g/mol. The molecule has 0 atom stereocenters. The van der Waals surface area contributed by atoms with Crippen molar-refractivity contribution in [2.24, 2.45) is 0 Å². The normalized spacial score (nSPS) is 12.1. The van der Waals surface area contributed by atoms with E-state index in [0.29, 0.717) is 35.8 Å². The molecule has 0 aliphatic carbocycles. The Morgan fingerprint density at radius 2 is 1.02 bits per heavy atom. The average Bonchev–Trinajstić information content (AvgIpc) is 3.04. The lowest BCUT2D eigenvalue weighted by atomic mass is 9.88. The van der Waals surface area contributed by atoms with Crippen molar-refractivity contribution in [3.63, 3.8) is 0 Å². The van der Waals surface area contributed by atoms with Crippen LogP contribution >= 0.6 is 0 Å². The second-order valence-corrected chi connectivity index (χ2v) is 14.7. The highest BCUT2D eigenvalue weighted by molar-refractivity contribution is 7.91. The lowest BCUT2D eigenvalue weighted by Gasteiger charge is -2.33. The molecule has 9 heteroatoms. The van der Waals surface area contributed by atoms with Crippen LogP contribution in [0.5, 0.6) is 17.2 Å². The van der Waals surface area contributed by atoms with Crippen LogP contribution in [0.1, 0.15) is 37.8 Å². The Hall–Kier alpha value is -4.60. The van der Waals surface area contributed by atoms with Gasteiger partial charge in [0.2, 0.25) is 19.7 Å². The number of nitrogens with two attached hydrogens (primary N) is 1. The van der Waals surface area contributed by atoms with Crippen molar-refractivity contribution in [1.29, 1.82) is 0 Å². The maximum atomic E-state index is 13.4. The van der Waals surface area contributed by atoms with E-state index in [1.165, 1.54) is 12.1 Å². The summed E-state index contributed by atoms with van der Waals surface area (Å²) in [6.45, 7) is 5.90. The first kappa shape index (κ1) is 31.8. The quantitative estimate of drug-likeness (QED) is 0.145. The summed E-state index contributed by atoms with van der Waals surface area (Å²) in [5, 5.41) is 0. The van der Waals surface area contributed by atoms with Crippen LogP contribution in [0, 0.1) is 6.92 Å². The molecule has 0 heterocycles. The number of hydrogen-bond acceptors (Lipinski definition) is 7. The summed E-state index contributed by atoms with van der Waals surface area (Å²) in [5.74, 6) is 1.56. The molecule has 0 aromatic heterocycles. The minimum absolute atomic E-state index is 0.143. The first-order valence-electron chi connectivity index (χ1n) is 14.6. The summed E-state index contributed by atoms with van der Waals surface area (Å²) in [5.41, 5.74) is 7.42. The molecule has 7 nitrogen and oxygen atoms in total. The molecule has 0 aliphatic rings. The minimum Gasteiger partial charge on any atom is -0.483 e. The highest BCUT2D eigenvalue weighted by atomic mass is 32.2. The largest absolute Gasteiger partial charge is 0.483 e. The summed E-state index contributed by atoms with van der Waals surface area (Å²) in [6.07, 6.45) is 1.21. The van der Waals surface area contributed by atoms with E-state index in [-0.39, 0.29) is 19.6 Å². The van der Waals surface area contributed by atoms with Gasteiger partial charge in [0.05, 0.1) is 19.6 Å². The third kappa shape index (κ3) is 6.74. The summed E-state index contributed by atoms with van der Waals surface area (Å²) < 4.78 is 65.3. The highest BCUT2D eigenvalue weighted by Gasteiger charge is 2.32. The van der Waals surface area contributed by atoms with Crippen LogP contribution in [-0.4, -0.2) is 16.8 Å². The standard InChI is InChI=1S/C36H35NO6S2/c1-4-36(5-2,43-30-15-23-35(24-16-30)44(38,39)32-17-9-26(3)10-18-32)27-11-19-33(20-12-27)45(40,41)34-21-13-29(14-22-34)42-31-8-6-7-28(37)25-31/h6-25H,4-5,37H2,1-3H3. The SMILES string of the molecule is CCC(CC)(Oc1ccc(S(=O)(=O)c2ccc(C)cc2)cc1)c1ccc(S(=O)(=O)c2ccc(Oc3cccc(N)c3)cc2)cc1. The maximum Gasteiger partial charge on any atom is 0.206 e. The predicted molar refractivity (Wildman–Crippen MR) is 175 cm³/mol. The van der Waals surface area contributed by atoms with E-state index in [0.717, 1.165) is 11.1 Å². The molecule has 232 valence electrons. The van der Waals surface area contributed by atoms with Gasteiger partial charge in [-0.05, 0) is 110 Å². The van der Waals surface area contributed by atoms with Gasteiger partial charge in [0.25, 0.3) is 0 Å². The number of hydrogen-bond donors (Lipinski definition) is 1. The van der Waals surface area contributed by atoms with Crippen molar-refractivity contribution in [2.75, 3.05) is 5.73 Å². The number of aryl methyl sites for hydroxylation is 1. The van der Waals surface area contributed by atoms with E-state index in [4.69, 9.17) is 15.2 Å². The summed E-state index contributed by atoms with van der Waals surface area (Å²) in [6, 6.07) is 33.1. The van der Waals surface area contributed by atoms with Gasteiger partial charge < -0.3 is 15.2 Å². The molecule has 0 aliphatic heterocycles. The Bertz CT molecular complexity index is 1980. The third-order valence-corrected chi connectivity index (χ3v) is 11.4. The van der Waals surface area contributed by atoms with Crippen molar-refractivity contribution in [2.45, 2.75) is 58.8 Å². The fourth-order valence-electron chi connectivity index (χ4n) is 5.10. The van der Waals surface area contributed by atoms with Crippen molar-refractivity contribution in [3.05, 3.63) is 132 Å². The van der Waals surface area contributed by atoms with Gasteiger partial charge in [-0.2, -0.15) is 0 Å². The number of benzene rings is 5. The molecular formula is C36H35NO6S2. The molecule has 0 radical (unpaired) electrons. The second kappa shape index (κ2) is 12.8. The topological polar surface area (TPSA) is 113 Å². The summed E-state index contributed by atoms with van der Waals surface area (Å²) >= 11 is 0. The van der Waals surface area contributed by atoms with Crippen LogP contribution in [0.2, 0.25) is 0 Å². The molecule has 5 aromatic rings. The molecule has 5 aromatic carbocycles. The first-order valence-corrected chi connectivity index (χ1v) is 17.5. The Labute approximate surface area is 265 Å². The molecule has 45 heavy (non-hydrogen) atoms. The summed E-state index contributed by atoms with van der Waals surface area (Å²) in [4.78, 5) is 0.707. The zero-order valence-corrected chi connectivity index (χ0v) is 26.9. The maximum absolute atomic E-state index is 13.4. The van der Waals surface area contributed by atoms with Gasteiger partial charge in [-0.3, -0.25) is 0 Å². The Morgan fingerprint density at radius 3 is 1.49 bits per heavy atom. The van der Waals surface area contributed by atoms with Crippen LogP contribution < -0.4 is 15.2 Å². The molecule has 0 amide bonds. The first-order chi connectivity index (χ1) is 21.5. The fourth-order valence-corrected chi connectivity index (χ4v) is 7.62. The number of nitrogen functional groups attached to an aromatic ring is 1. The van der Waals surface area contributed by atoms with Crippen LogP contribution in [0.25, 0.3) is 0 Å². The molecule has 0 saturated heterocycles. The number of anilines is 1. The average molecular weight is 642 g/mol. The van der Waals surface area contributed by atoms with E-state index in [2.05, 4.69) is 0 Å². The Balaban J connectivity index is 1.33. The number of rotatable bonds is 11. The minimum atomic E-state index is -3.79. The molecular weight excluding hydrogens is 607 g/mol. The predicted octanol–water partition coefficient (Wildman–Crippen LogP) is 8.13. The lowest BCUT2D eigenvalue weighted by molar-refractivity contribution is 0.0572. The lowest BCUT2D eigenvalue weighted by Crippen LogP contribution is -2.31. The van der Waals surface area contributed by atoms with Gasteiger partial charge in [-0.25, -0.2) is 16.8 Å². The van der Waals surface area contributed by atoms with E-state index in [9.17, 15) is 16.8 Å². The molecule has 2 N–H and O–H groups in total. The van der Waals surface area contributed by atoms with E-state index < -0.39 is 25.3 Å². The van der Waals surface area contributed by atoms with Gasteiger partial charge in [0, 0.05) is 11.8 Å². The van der Waals surface area contributed by atoms with Gasteiger partial charge >= 0.3 is 0 Å². The van der Waals surface area contributed by atoms with Crippen molar-refractivity contribution in [3.8, 4) is 17.2 Å². The van der Waals surface area contributed by atoms with Crippen molar-refractivity contribution < 1.29 is 26.3 Å². The van der Waals surface area contributed by atoms with Gasteiger partial charge in [-0.1, -0.05) is 49.7 Å².